The molecular weight excluding hydrogens is 290 g/mol. The number of hydrogen-bond donors (Lipinski definition) is 2. The first-order valence-corrected chi connectivity index (χ1v) is 7.61. The quantitative estimate of drug-likeness (QED) is 0.904. The van der Waals surface area contributed by atoms with E-state index in [1.165, 1.54) is 11.3 Å². The molecule has 2 N–H and O–H groups in total. The molecule has 1 aromatic heterocycles. The van der Waals surface area contributed by atoms with Crippen LogP contribution < -0.4 is 15.4 Å². The molecule has 2 amide bonds. The lowest BCUT2D eigenvalue weighted by Gasteiger charge is -2.08. The molecule has 0 radical (unpaired) electrons. The van der Waals surface area contributed by atoms with Crippen LogP contribution in [0.3, 0.4) is 0 Å². The van der Waals surface area contributed by atoms with Crippen LogP contribution in [0.1, 0.15) is 19.8 Å². The predicted molar refractivity (Wildman–Crippen MR) is 80.6 cm³/mol. The summed E-state index contributed by atoms with van der Waals surface area (Å²) in [4.78, 5) is 27.5. The van der Waals surface area contributed by atoms with Crippen molar-refractivity contribution >= 4 is 38.5 Å². The molecule has 1 aliphatic rings. The first-order chi connectivity index (χ1) is 10.2. The lowest BCUT2D eigenvalue weighted by atomic mass is 10.2. The molecule has 0 aliphatic carbocycles. The smallest absolute Gasteiger partial charge is 0.248 e. The molecule has 1 atom stereocenters. The number of nitrogens with one attached hydrogen (secondary N) is 2. The van der Waals surface area contributed by atoms with Crippen molar-refractivity contribution in [2.75, 3.05) is 11.9 Å². The Balaban J connectivity index is 1.75. The molecule has 1 fully saturated rings. The molecule has 1 aliphatic heterocycles. The first kappa shape index (κ1) is 13.8. The van der Waals surface area contributed by atoms with Gasteiger partial charge in [0.15, 0.2) is 5.13 Å². The van der Waals surface area contributed by atoms with Crippen molar-refractivity contribution in [1.29, 1.82) is 0 Å². The molecule has 1 unspecified atom stereocenters. The SMILES string of the molecule is CCOc1ccc2nc(NC(=O)C3CCC(=O)N3)sc2c1. The lowest BCUT2D eigenvalue weighted by molar-refractivity contribution is -0.122. The number of thiazole rings is 1. The van der Waals surface area contributed by atoms with Gasteiger partial charge in [0.05, 0.1) is 16.8 Å². The van der Waals surface area contributed by atoms with Gasteiger partial charge in [-0.3, -0.25) is 9.59 Å². The minimum Gasteiger partial charge on any atom is -0.494 e. The van der Waals surface area contributed by atoms with Crippen LogP contribution in [0.4, 0.5) is 5.13 Å². The van der Waals surface area contributed by atoms with Crippen LogP contribution in [-0.4, -0.2) is 29.4 Å². The van der Waals surface area contributed by atoms with Gasteiger partial charge in [0, 0.05) is 6.42 Å². The average Bonchev–Trinajstić information content (AvgIpc) is 3.04. The second-order valence-corrected chi connectivity index (χ2v) is 5.76. The van der Waals surface area contributed by atoms with E-state index in [0.29, 0.717) is 24.6 Å². The van der Waals surface area contributed by atoms with E-state index in [9.17, 15) is 9.59 Å². The summed E-state index contributed by atoms with van der Waals surface area (Å²) in [5.41, 5.74) is 0.814. The Morgan fingerprint density at radius 1 is 1.57 bits per heavy atom. The summed E-state index contributed by atoms with van der Waals surface area (Å²) in [6.45, 7) is 2.54. The van der Waals surface area contributed by atoms with Gasteiger partial charge >= 0.3 is 0 Å². The maximum atomic E-state index is 12.0. The third-order valence-corrected chi connectivity index (χ3v) is 4.15. The van der Waals surface area contributed by atoms with Gasteiger partial charge in [-0.05, 0) is 31.5 Å². The molecular formula is C14H15N3O3S. The van der Waals surface area contributed by atoms with Crippen LogP contribution >= 0.6 is 11.3 Å². The van der Waals surface area contributed by atoms with E-state index in [-0.39, 0.29) is 11.8 Å². The molecule has 110 valence electrons. The third-order valence-electron chi connectivity index (χ3n) is 3.21. The van der Waals surface area contributed by atoms with E-state index in [4.69, 9.17) is 4.74 Å². The zero-order valence-corrected chi connectivity index (χ0v) is 12.3. The molecule has 21 heavy (non-hydrogen) atoms. The zero-order valence-electron chi connectivity index (χ0n) is 11.5. The van der Waals surface area contributed by atoms with Gasteiger partial charge in [-0.2, -0.15) is 0 Å². The predicted octanol–water partition coefficient (Wildman–Crippen LogP) is 1.91. The Morgan fingerprint density at radius 3 is 3.14 bits per heavy atom. The Bertz CT molecular complexity index is 698. The number of ether oxygens (including phenoxy) is 1. The second-order valence-electron chi connectivity index (χ2n) is 4.73. The minimum atomic E-state index is -0.455. The number of nitrogens with zero attached hydrogens (tertiary/aromatic N) is 1. The van der Waals surface area contributed by atoms with Crippen molar-refractivity contribution in [1.82, 2.24) is 10.3 Å². The Hall–Kier alpha value is -2.15. The molecule has 0 bridgehead atoms. The number of rotatable bonds is 4. The topological polar surface area (TPSA) is 80.3 Å². The number of amides is 2. The van der Waals surface area contributed by atoms with E-state index in [1.807, 2.05) is 25.1 Å². The monoisotopic (exact) mass is 305 g/mol. The molecule has 2 aromatic rings. The summed E-state index contributed by atoms with van der Waals surface area (Å²) in [5.74, 6) is 0.486. The number of carbonyl (C=O) groups is 2. The Kier molecular flexibility index (Phi) is 3.74. The van der Waals surface area contributed by atoms with Gasteiger partial charge in [-0.1, -0.05) is 11.3 Å². The Labute approximate surface area is 125 Å². The number of benzene rings is 1. The minimum absolute atomic E-state index is 0.0826. The van der Waals surface area contributed by atoms with Crippen molar-refractivity contribution in [3.8, 4) is 5.75 Å². The van der Waals surface area contributed by atoms with Crippen molar-refractivity contribution in [3.05, 3.63) is 18.2 Å². The molecule has 0 spiro atoms. The summed E-state index contributed by atoms with van der Waals surface area (Å²) in [5, 5.41) is 5.93. The largest absolute Gasteiger partial charge is 0.494 e. The summed E-state index contributed by atoms with van der Waals surface area (Å²) < 4.78 is 6.39. The van der Waals surface area contributed by atoms with Crippen LogP contribution in [0, 0.1) is 0 Å². The summed E-state index contributed by atoms with van der Waals surface area (Å²) in [6, 6.07) is 5.17. The fourth-order valence-electron chi connectivity index (χ4n) is 2.22. The van der Waals surface area contributed by atoms with E-state index in [2.05, 4.69) is 15.6 Å². The van der Waals surface area contributed by atoms with Crippen LogP contribution in [-0.2, 0) is 9.59 Å². The number of aromatic nitrogens is 1. The van der Waals surface area contributed by atoms with E-state index in [0.717, 1.165) is 16.0 Å². The Morgan fingerprint density at radius 2 is 2.43 bits per heavy atom. The fraction of sp³-hybridized carbons (Fsp3) is 0.357. The van der Waals surface area contributed by atoms with Gasteiger partial charge < -0.3 is 15.4 Å². The highest BCUT2D eigenvalue weighted by molar-refractivity contribution is 7.22. The van der Waals surface area contributed by atoms with Gasteiger partial charge in [-0.15, -0.1) is 0 Å². The average molecular weight is 305 g/mol. The molecule has 6 nitrogen and oxygen atoms in total. The number of carbonyl (C=O) groups excluding carboxylic acids is 2. The van der Waals surface area contributed by atoms with Crippen LogP contribution in [0.25, 0.3) is 10.2 Å². The first-order valence-electron chi connectivity index (χ1n) is 6.79. The number of fused-ring (bicyclic) bond motifs is 1. The van der Waals surface area contributed by atoms with Gasteiger partial charge in [-0.25, -0.2) is 4.98 Å². The number of hydrogen-bond acceptors (Lipinski definition) is 5. The van der Waals surface area contributed by atoms with Crippen molar-refractivity contribution in [2.45, 2.75) is 25.8 Å². The van der Waals surface area contributed by atoms with Crippen LogP contribution in [0.2, 0.25) is 0 Å². The van der Waals surface area contributed by atoms with Gasteiger partial charge in [0.2, 0.25) is 11.8 Å². The zero-order chi connectivity index (χ0) is 14.8. The third kappa shape index (κ3) is 2.97. The maximum Gasteiger partial charge on any atom is 0.248 e. The van der Waals surface area contributed by atoms with Crippen LogP contribution in [0.15, 0.2) is 18.2 Å². The van der Waals surface area contributed by atoms with Crippen LogP contribution in [0.5, 0.6) is 5.75 Å². The van der Waals surface area contributed by atoms with Crippen molar-refractivity contribution in [2.24, 2.45) is 0 Å². The van der Waals surface area contributed by atoms with Crippen molar-refractivity contribution < 1.29 is 14.3 Å². The lowest BCUT2D eigenvalue weighted by Crippen LogP contribution is -2.37. The summed E-state index contributed by atoms with van der Waals surface area (Å²) in [6.07, 6.45) is 0.930. The number of anilines is 1. The molecule has 1 saturated heterocycles. The van der Waals surface area contributed by atoms with E-state index >= 15 is 0 Å². The highest BCUT2D eigenvalue weighted by Gasteiger charge is 2.27. The van der Waals surface area contributed by atoms with Gasteiger partial charge in [0.1, 0.15) is 11.8 Å². The van der Waals surface area contributed by atoms with E-state index in [1.54, 1.807) is 0 Å². The maximum absolute atomic E-state index is 12.0. The second kappa shape index (κ2) is 5.69. The fourth-order valence-corrected chi connectivity index (χ4v) is 3.12. The molecule has 2 heterocycles. The molecule has 0 saturated carbocycles. The normalized spacial score (nSPS) is 17.8. The molecule has 1 aromatic carbocycles. The summed E-state index contributed by atoms with van der Waals surface area (Å²) in [7, 11) is 0. The van der Waals surface area contributed by atoms with E-state index < -0.39 is 6.04 Å². The van der Waals surface area contributed by atoms with Gasteiger partial charge in [0.25, 0.3) is 0 Å². The molecule has 3 rings (SSSR count). The van der Waals surface area contributed by atoms with Crippen molar-refractivity contribution in [3.63, 3.8) is 0 Å². The highest BCUT2D eigenvalue weighted by atomic mass is 32.1. The standard InChI is InChI=1S/C14H15N3O3S/c1-2-20-8-3-4-9-11(7-8)21-14(16-9)17-13(19)10-5-6-12(18)15-10/h3-4,7,10H,2,5-6H2,1H3,(H,15,18)(H,16,17,19). The summed E-state index contributed by atoms with van der Waals surface area (Å²) >= 11 is 1.39. The molecule has 7 heteroatoms. The highest BCUT2D eigenvalue weighted by Crippen LogP contribution is 2.29.